The van der Waals surface area contributed by atoms with Gasteiger partial charge in [-0.1, -0.05) is 18.2 Å². The summed E-state index contributed by atoms with van der Waals surface area (Å²) in [5.74, 6) is 1.08. The third kappa shape index (κ3) is 2.11. The van der Waals surface area contributed by atoms with Crippen molar-refractivity contribution in [1.29, 1.82) is 0 Å². The van der Waals surface area contributed by atoms with E-state index in [1.54, 1.807) is 6.20 Å². The van der Waals surface area contributed by atoms with Gasteiger partial charge >= 0.3 is 0 Å². The molecule has 16 heavy (non-hydrogen) atoms. The first-order chi connectivity index (χ1) is 7.66. The maximum Gasteiger partial charge on any atom is 0.151 e. The number of nitrogens with two attached hydrogens (primary N) is 1. The summed E-state index contributed by atoms with van der Waals surface area (Å²) in [4.78, 5) is 8.14. The van der Waals surface area contributed by atoms with Gasteiger partial charge in [0.15, 0.2) is 5.82 Å². The van der Waals surface area contributed by atoms with Crippen molar-refractivity contribution >= 4 is 17.3 Å². The summed E-state index contributed by atoms with van der Waals surface area (Å²) in [6.45, 7) is 4.10. The molecule has 0 aliphatic heterocycles. The zero-order valence-electron chi connectivity index (χ0n) is 9.36. The molecule has 4 nitrogen and oxygen atoms in total. The lowest BCUT2D eigenvalue weighted by Crippen LogP contribution is -2.00. The highest BCUT2D eigenvalue weighted by molar-refractivity contribution is 5.64. The van der Waals surface area contributed by atoms with Gasteiger partial charge in [-0.2, -0.15) is 0 Å². The number of nitrogen functional groups attached to an aromatic ring is 1. The predicted molar refractivity (Wildman–Crippen MR) is 65.6 cm³/mol. The number of anilines is 3. The van der Waals surface area contributed by atoms with Crippen molar-refractivity contribution in [3.63, 3.8) is 0 Å². The minimum absolute atomic E-state index is 0.413. The van der Waals surface area contributed by atoms with Crippen LogP contribution in [0.1, 0.15) is 11.1 Å². The highest BCUT2D eigenvalue weighted by atomic mass is 15.0. The van der Waals surface area contributed by atoms with Crippen molar-refractivity contribution in [2.75, 3.05) is 11.1 Å². The van der Waals surface area contributed by atoms with Crippen LogP contribution >= 0.6 is 0 Å². The molecule has 4 heteroatoms. The second-order valence-electron chi connectivity index (χ2n) is 3.72. The van der Waals surface area contributed by atoms with E-state index >= 15 is 0 Å². The van der Waals surface area contributed by atoms with Crippen LogP contribution in [0.3, 0.4) is 0 Å². The summed E-state index contributed by atoms with van der Waals surface area (Å²) in [5, 5.41) is 3.23. The molecule has 1 aromatic carbocycles. The normalized spacial score (nSPS) is 10.1. The molecule has 0 saturated carbocycles. The molecule has 2 aromatic rings. The van der Waals surface area contributed by atoms with Gasteiger partial charge in [0, 0.05) is 5.69 Å². The van der Waals surface area contributed by atoms with E-state index in [4.69, 9.17) is 5.73 Å². The lowest BCUT2D eigenvalue weighted by molar-refractivity contribution is 1.20. The molecule has 0 amide bonds. The number of nitrogens with zero attached hydrogens (tertiary/aromatic N) is 2. The van der Waals surface area contributed by atoms with Gasteiger partial charge < -0.3 is 11.1 Å². The van der Waals surface area contributed by atoms with E-state index in [0.29, 0.717) is 11.6 Å². The highest BCUT2D eigenvalue weighted by Crippen LogP contribution is 2.22. The van der Waals surface area contributed by atoms with Crippen molar-refractivity contribution in [3.8, 4) is 0 Å². The first-order valence-electron chi connectivity index (χ1n) is 5.07. The maximum atomic E-state index is 5.57. The van der Waals surface area contributed by atoms with Crippen molar-refractivity contribution in [2.24, 2.45) is 0 Å². The van der Waals surface area contributed by atoms with Crippen LogP contribution in [0.4, 0.5) is 17.3 Å². The van der Waals surface area contributed by atoms with Gasteiger partial charge in [-0.05, 0) is 25.0 Å². The fraction of sp³-hybridized carbons (Fsp3) is 0.167. The number of nitrogens with one attached hydrogen (secondary N) is 1. The van der Waals surface area contributed by atoms with Crippen LogP contribution < -0.4 is 11.1 Å². The summed E-state index contributed by atoms with van der Waals surface area (Å²) >= 11 is 0. The molecule has 0 atom stereocenters. The van der Waals surface area contributed by atoms with E-state index in [0.717, 1.165) is 5.69 Å². The quantitative estimate of drug-likeness (QED) is 0.805. The van der Waals surface area contributed by atoms with Crippen LogP contribution in [0, 0.1) is 13.8 Å². The van der Waals surface area contributed by atoms with Crippen molar-refractivity contribution in [2.45, 2.75) is 13.8 Å². The Balaban J connectivity index is 2.34. The zero-order valence-corrected chi connectivity index (χ0v) is 9.36. The standard InChI is InChI=1S/C12H14N4/c1-8-4-3-5-9(2)12(8)16-11-7-14-6-10(13)15-11/h3-7H,1-2H3,(H3,13,15,16). The lowest BCUT2D eigenvalue weighted by atomic mass is 10.1. The number of aromatic nitrogens is 2. The fourth-order valence-electron chi connectivity index (χ4n) is 1.58. The Kier molecular flexibility index (Phi) is 2.72. The number of rotatable bonds is 2. The Morgan fingerprint density at radius 1 is 1.12 bits per heavy atom. The van der Waals surface area contributed by atoms with Crippen LogP contribution in [0.2, 0.25) is 0 Å². The summed E-state index contributed by atoms with van der Waals surface area (Å²) in [5.41, 5.74) is 8.97. The Morgan fingerprint density at radius 3 is 2.44 bits per heavy atom. The minimum Gasteiger partial charge on any atom is -0.382 e. The first kappa shape index (κ1) is 10.4. The molecule has 0 bridgehead atoms. The Morgan fingerprint density at radius 2 is 1.81 bits per heavy atom. The third-order valence-corrected chi connectivity index (χ3v) is 2.39. The largest absolute Gasteiger partial charge is 0.382 e. The zero-order chi connectivity index (χ0) is 11.5. The van der Waals surface area contributed by atoms with E-state index in [-0.39, 0.29) is 0 Å². The van der Waals surface area contributed by atoms with E-state index < -0.39 is 0 Å². The molecule has 3 N–H and O–H groups in total. The molecular weight excluding hydrogens is 200 g/mol. The molecular formula is C12H14N4. The Labute approximate surface area is 94.5 Å². The molecule has 1 heterocycles. The third-order valence-electron chi connectivity index (χ3n) is 2.39. The first-order valence-corrected chi connectivity index (χ1v) is 5.07. The van der Waals surface area contributed by atoms with Crippen LogP contribution in [0.5, 0.6) is 0 Å². The van der Waals surface area contributed by atoms with E-state index in [9.17, 15) is 0 Å². The number of hydrogen-bond donors (Lipinski definition) is 2. The van der Waals surface area contributed by atoms with Crippen molar-refractivity contribution < 1.29 is 0 Å². The SMILES string of the molecule is Cc1cccc(C)c1Nc1cncc(N)n1. The van der Waals surface area contributed by atoms with Crippen LogP contribution in [-0.4, -0.2) is 9.97 Å². The molecule has 1 aromatic heterocycles. The summed E-state index contributed by atoms with van der Waals surface area (Å²) in [6, 6.07) is 6.13. The lowest BCUT2D eigenvalue weighted by Gasteiger charge is -2.11. The molecule has 0 aliphatic carbocycles. The second kappa shape index (κ2) is 4.18. The molecule has 0 spiro atoms. The number of hydrogen-bond acceptors (Lipinski definition) is 4. The van der Waals surface area contributed by atoms with Gasteiger partial charge in [0.2, 0.25) is 0 Å². The Hall–Kier alpha value is -2.10. The van der Waals surface area contributed by atoms with Crippen LogP contribution in [0.15, 0.2) is 30.6 Å². The highest BCUT2D eigenvalue weighted by Gasteiger charge is 2.03. The van der Waals surface area contributed by atoms with Gasteiger partial charge in [-0.25, -0.2) is 4.98 Å². The predicted octanol–water partition coefficient (Wildman–Crippen LogP) is 2.42. The average Bonchev–Trinajstić information content (AvgIpc) is 2.24. The molecule has 0 unspecified atom stereocenters. The van der Waals surface area contributed by atoms with E-state index in [1.807, 2.05) is 6.07 Å². The summed E-state index contributed by atoms with van der Waals surface area (Å²) in [6.07, 6.45) is 3.18. The second-order valence-corrected chi connectivity index (χ2v) is 3.72. The summed E-state index contributed by atoms with van der Waals surface area (Å²) in [7, 11) is 0. The Bertz CT molecular complexity index is 488. The fourth-order valence-corrected chi connectivity index (χ4v) is 1.58. The maximum absolute atomic E-state index is 5.57. The van der Waals surface area contributed by atoms with Crippen molar-refractivity contribution in [1.82, 2.24) is 9.97 Å². The van der Waals surface area contributed by atoms with Crippen LogP contribution in [0.25, 0.3) is 0 Å². The molecule has 0 fully saturated rings. The number of benzene rings is 1. The topological polar surface area (TPSA) is 63.8 Å². The molecule has 2 rings (SSSR count). The van der Waals surface area contributed by atoms with E-state index in [2.05, 4.69) is 41.3 Å². The van der Waals surface area contributed by atoms with Crippen molar-refractivity contribution in [3.05, 3.63) is 41.7 Å². The average molecular weight is 214 g/mol. The monoisotopic (exact) mass is 214 g/mol. The van der Waals surface area contributed by atoms with Crippen LogP contribution in [-0.2, 0) is 0 Å². The summed E-state index contributed by atoms with van der Waals surface area (Å²) < 4.78 is 0. The van der Waals surface area contributed by atoms with Gasteiger partial charge in [0.05, 0.1) is 12.4 Å². The van der Waals surface area contributed by atoms with E-state index in [1.165, 1.54) is 17.3 Å². The van der Waals surface area contributed by atoms with Gasteiger partial charge in [-0.15, -0.1) is 0 Å². The molecule has 82 valence electrons. The molecule has 0 saturated heterocycles. The van der Waals surface area contributed by atoms with Gasteiger partial charge in [0.25, 0.3) is 0 Å². The smallest absolute Gasteiger partial charge is 0.151 e. The van der Waals surface area contributed by atoms with Gasteiger partial charge in [0.1, 0.15) is 5.82 Å². The van der Waals surface area contributed by atoms with Gasteiger partial charge in [-0.3, -0.25) is 4.98 Å². The molecule has 0 radical (unpaired) electrons. The number of para-hydroxylation sites is 1. The number of aryl methyl sites for hydroxylation is 2. The minimum atomic E-state index is 0.413. The molecule has 0 aliphatic rings.